The van der Waals surface area contributed by atoms with Gasteiger partial charge in [0.2, 0.25) is 0 Å². The predicted octanol–water partition coefficient (Wildman–Crippen LogP) is 6.83. The molecule has 4 aliphatic rings. The van der Waals surface area contributed by atoms with Crippen LogP contribution in [0.3, 0.4) is 0 Å². The van der Waals surface area contributed by atoms with Crippen LogP contribution >= 0.6 is 0 Å². The molecule has 0 aromatic carbocycles. The summed E-state index contributed by atoms with van der Waals surface area (Å²) in [5.41, 5.74) is 4.39. The van der Waals surface area contributed by atoms with E-state index in [4.69, 9.17) is 4.99 Å². The number of allylic oxidation sites excluding steroid dienone is 2. The van der Waals surface area contributed by atoms with E-state index >= 15 is 0 Å². The highest BCUT2D eigenvalue weighted by molar-refractivity contribution is 5.85. The molecule has 140 valence electrons. The van der Waals surface area contributed by atoms with Crippen molar-refractivity contribution < 1.29 is 0 Å². The van der Waals surface area contributed by atoms with Crippen molar-refractivity contribution >= 4 is 5.71 Å². The van der Waals surface area contributed by atoms with E-state index < -0.39 is 0 Å². The fourth-order valence-electron chi connectivity index (χ4n) is 7.78. The van der Waals surface area contributed by atoms with E-state index in [1.54, 1.807) is 0 Å². The van der Waals surface area contributed by atoms with E-state index in [1.165, 1.54) is 69.9 Å². The Morgan fingerprint density at radius 3 is 2.76 bits per heavy atom. The molecular formula is C24H39N. The van der Waals surface area contributed by atoms with Crippen LogP contribution in [0.4, 0.5) is 0 Å². The van der Waals surface area contributed by atoms with Crippen LogP contribution in [-0.4, -0.2) is 12.3 Å². The highest BCUT2D eigenvalue weighted by Gasteiger charge is 2.58. The third kappa shape index (κ3) is 2.67. The minimum atomic E-state index is 0.527. The summed E-state index contributed by atoms with van der Waals surface area (Å²) in [4.78, 5) is 4.95. The van der Waals surface area contributed by atoms with Crippen molar-refractivity contribution in [2.45, 2.75) is 91.9 Å². The first kappa shape index (κ1) is 17.8. The normalized spacial score (nSPS) is 46.9. The first-order valence-electron chi connectivity index (χ1n) is 11.2. The van der Waals surface area contributed by atoms with Crippen molar-refractivity contribution in [1.82, 2.24) is 0 Å². The molecule has 1 nitrogen and oxygen atoms in total. The molecule has 0 saturated heterocycles. The molecule has 0 amide bonds. The Balaban J connectivity index is 1.60. The van der Waals surface area contributed by atoms with Gasteiger partial charge in [-0.2, -0.15) is 0 Å². The third-order valence-corrected chi connectivity index (χ3v) is 9.11. The van der Waals surface area contributed by atoms with Crippen LogP contribution in [0.15, 0.2) is 16.6 Å². The van der Waals surface area contributed by atoms with Crippen LogP contribution in [-0.2, 0) is 0 Å². The van der Waals surface area contributed by atoms with Gasteiger partial charge in [0, 0.05) is 18.2 Å². The van der Waals surface area contributed by atoms with Gasteiger partial charge in [0.25, 0.3) is 0 Å². The van der Waals surface area contributed by atoms with Crippen molar-refractivity contribution in [2.75, 3.05) is 6.54 Å². The molecule has 0 heterocycles. The second kappa shape index (κ2) is 6.54. The van der Waals surface area contributed by atoms with Crippen LogP contribution in [0.25, 0.3) is 0 Å². The number of nitrogens with zero attached hydrogens (tertiary/aromatic N) is 1. The van der Waals surface area contributed by atoms with Crippen molar-refractivity contribution in [3.8, 4) is 0 Å². The fraction of sp³-hybridized carbons (Fsp3) is 0.875. The third-order valence-electron chi connectivity index (χ3n) is 9.11. The largest absolute Gasteiger partial charge is 0.294 e. The molecule has 6 atom stereocenters. The lowest BCUT2D eigenvalue weighted by Crippen LogP contribution is -2.50. The maximum atomic E-state index is 4.95. The molecule has 3 fully saturated rings. The highest BCUT2D eigenvalue weighted by Crippen LogP contribution is 2.66. The summed E-state index contributed by atoms with van der Waals surface area (Å²) in [6.07, 6.45) is 16.8. The topological polar surface area (TPSA) is 12.4 Å². The Morgan fingerprint density at radius 2 is 1.96 bits per heavy atom. The van der Waals surface area contributed by atoms with E-state index in [-0.39, 0.29) is 0 Å². The Morgan fingerprint density at radius 1 is 1.12 bits per heavy atom. The van der Waals surface area contributed by atoms with Crippen LogP contribution in [0.5, 0.6) is 0 Å². The molecule has 0 N–H and O–H groups in total. The second-order valence-electron chi connectivity index (χ2n) is 10.2. The molecule has 25 heavy (non-hydrogen) atoms. The molecule has 6 unspecified atom stereocenters. The van der Waals surface area contributed by atoms with Gasteiger partial charge in [-0.15, -0.1) is 0 Å². The molecule has 4 aliphatic carbocycles. The quantitative estimate of drug-likeness (QED) is 0.394. The molecule has 0 aromatic heterocycles. The average Bonchev–Trinajstić information content (AvgIpc) is 2.96. The van der Waals surface area contributed by atoms with Gasteiger partial charge in [0.1, 0.15) is 0 Å². The monoisotopic (exact) mass is 341 g/mol. The lowest BCUT2D eigenvalue weighted by molar-refractivity contribution is -0.0324. The maximum Gasteiger partial charge on any atom is 0.0386 e. The van der Waals surface area contributed by atoms with Crippen molar-refractivity contribution in [1.29, 1.82) is 0 Å². The minimum absolute atomic E-state index is 0.527. The average molecular weight is 342 g/mol. The minimum Gasteiger partial charge on any atom is -0.294 e. The summed E-state index contributed by atoms with van der Waals surface area (Å²) < 4.78 is 0. The van der Waals surface area contributed by atoms with Gasteiger partial charge in [-0.1, -0.05) is 38.8 Å². The molecule has 0 radical (unpaired) electrons. The molecule has 4 rings (SSSR count). The van der Waals surface area contributed by atoms with E-state index in [0.29, 0.717) is 10.8 Å². The second-order valence-corrected chi connectivity index (χ2v) is 10.2. The van der Waals surface area contributed by atoms with Gasteiger partial charge in [-0.25, -0.2) is 0 Å². The van der Waals surface area contributed by atoms with Crippen LogP contribution in [0, 0.1) is 34.5 Å². The van der Waals surface area contributed by atoms with Crippen LogP contribution in [0.2, 0.25) is 0 Å². The predicted molar refractivity (Wildman–Crippen MR) is 108 cm³/mol. The van der Waals surface area contributed by atoms with Crippen molar-refractivity contribution in [2.24, 2.45) is 39.5 Å². The molecule has 0 aromatic rings. The number of hydrogen-bond acceptors (Lipinski definition) is 1. The zero-order valence-corrected chi connectivity index (χ0v) is 17.1. The Kier molecular flexibility index (Phi) is 4.66. The summed E-state index contributed by atoms with van der Waals surface area (Å²) in [7, 11) is 0. The van der Waals surface area contributed by atoms with E-state index in [0.717, 1.165) is 30.2 Å². The number of rotatable bonds is 3. The zero-order chi connectivity index (χ0) is 17.7. The lowest BCUT2D eigenvalue weighted by Gasteiger charge is -2.57. The molecule has 0 bridgehead atoms. The van der Waals surface area contributed by atoms with Crippen LogP contribution < -0.4 is 0 Å². The molecular weight excluding hydrogens is 302 g/mol. The standard InChI is InChI=1S/C24H39N/c1-5-16-25-17(2)20-11-12-21-19-10-9-18-8-6-7-14-23(18,3)22(19)13-15-24(20,21)4/h9,19-22H,5-8,10-16H2,1-4H3/b25-17+. The Labute approximate surface area is 155 Å². The Hall–Kier alpha value is -0.590. The zero-order valence-electron chi connectivity index (χ0n) is 17.1. The molecule has 0 aliphatic heterocycles. The summed E-state index contributed by atoms with van der Waals surface area (Å²) in [5, 5.41) is 0. The smallest absolute Gasteiger partial charge is 0.0386 e. The number of aliphatic imine (C=N–C) groups is 1. The first-order valence-corrected chi connectivity index (χ1v) is 11.2. The van der Waals surface area contributed by atoms with Gasteiger partial charge in [-0.3, -0.25) is 4.99 Å². The van der Waals surface area contributed by atoms with Gasteiger partial charge in [0.15, 0.2) is 0 Å². The fourth-order valence-corrected chi connectivity index (χ4v) is 7.78. The summed E-state index contributed by atoms with van der Waals surface area (Å²) >= 11 is 0. The molecule has 0 spiro atoms. The summed E-state index contributed by atoms with van der Waals surface area (Å²) in [6.45, 7) is 10.9. The first-order chi connectivity index (χ1) is 12.0. The van der Waals surface area contributed by atoms with Gasteiger partial charge in [0.05, 0.1) is 0 Å². The number of fused-ring (bicyclic) bond motifs is 5. The molecule has 1 heteroatoms. The van der Waals surface area contributed by atoms with Crippen LogP contribution in [0.1, 0.15) is 91.9 Å². The van der Waals surface area contributed by atoms with E-state index in [2.05, 4.69) is 33.8 Å². The highest BCUT2D eigenvalue weighted by atomic mass is 14.8. The van der Waals surface area contributed by atoms with Gasteiger partial charge < -0.3 is 0 Å². The number of hydrogen-bond donors (Lipinski definition) is 0. The van der Waals surface area contributed by atoms with E-state index in [1.807, 2.05) is 5.57 Å². The molecule has 3 saturated carbocycles. The van der Waals surface area contributed by atoms with Crippen molar-refractivity contribution in [3.63, 3.8) is 0 Å². The van der Waals surface area contributed by atoms with Gasteiger partial charge in [-0.05, 0) is 93.3 Å². The summed E-state index contributed by atoms with van der Waals surface area (Å²) in [6, 6.07) is 0. The lowest BCUT2D eigenvalue weighted by atomic mass is 9.47. The summed E-state index contributed by atoms with van der Waals surface area (Å²) in [5.74, 6) is 3.63. The van der Waals surface area contributed by atoms with Crippen molar-refractivity contribution in [3.05, 3.63) is 11.6 Å². The van der Waals surface area contributed by atoms with Gasteiger partial charge >= 0.3 is 0 Å². The van der Waals surface area contributed by atoms with E-state index in [9.17, 15) is 0 Å². The Bertz CT molecular complexity index is 573. The maximum absolute atomic E-state index is 4.95. The SMILES string of the molecule is CCC/N=C(\C)C1CCC2C3CC=C4CCCCC4(C)C3CCC12C.